The summed E-state index contributed by atoms with van der Waals surface area (Å²) >= 11 is 5.93. The number of rotatable bonds is 6. The molecule has 0 spiro atoms. The van der Waals surface area contributed by atoms with Crippen LogP contribution in [-0.2, 0) is 13.6 Å². The number of aromatic nitrogens is 2. The lowest BCUT2D eigenvalue weighted by Gasteiger charge is -2.13. The summed E-state index contributed by atoms with van der Waals surface area (Å²) in [5.74, 6) is 0.390. The second kappa shape index (κ2) is 7.07. The van der Waals surface area contributed by atoms with Crippen LogP contribution in [0.15, 0.2) is 30.5 Å². The second-order valence-corrected chi connectivity index (χ2v) is 6.01. The number of hydrogen-bond donors (Lipinski definition) is 2. The average Bonchev–Trinajstić information content (AvgIpc) is 2.80. The molecule has 0 aliphatic heterocycles. The highest BCUT2D eigenvalue weighted by Gasteiger charge is 2.12. The van der Waals surface area contributed by atoms with Crippen LogP contribution in [0.25, 0.3) is 0 Å². The number of aliphatic hydroxyl groups excluding tert-OH is 1. The molecule has 1 aromatic heterocycles. The van der Waals surface area contributed by atoms with E-state index in [0.717, 1.165) is 11.3 Å². The maximum absolute atomic E-state index is 10.2. The lowest BCUT2D eigenvalue weighted by Crippen LogP contribution is -2.21. The number of nitrogens with zero attached hydrogens (tertiary/aromatic N) is 2. The highest BCUT2D eigenvalue weighted by molar-refractivity contribution is 6.30. The number of halogens is 1. The Balaban J connectivity index is 1.92. The third-order valence-corrected chi connectivity index (χ3v) is 3.61. The van der Waals surface area contributed by atoms with E-state index < -0.39 is 6.10 Å². The summed E-state index contributed by atoms with van der Waals surface area (Å²) in [6, 6.07) is 7.31. The molecule has 1 aromatic carbocycles. The molecule has 21 heavy (non-hydrogen) atoms. The van der Waals surface area contributed by atoms with Crippen LogP contribution >= 0.6 is 11.6 Å². The van der Waals surface area contributed by atoms with Crippen LogP contribution in [0, 0.1) is 0 Å². The van der Waals surface area contributed by atoms with Gasteiger partial charge in [0.1, 0.15) is 0 Å². The summed E-state index contributed by atoms with van der Waals surface area (Å²) in [6.07, 6.45) is 1.46. The molecule has 114 valence electrons. The first kappa shape index (κ1) is 16.0. The highest BCUT2D eigenvalue weighted by atomic mass is 35.5. The smallest absolute Gasteiger partial charge is 0.0915 e. The predicted molar refractivity (Wildman–Crippen MR) is 85.4 cm³/mol. The van der Waals surface area contributed by atoms with E-state index in [9.17, 15) is 5.11 Å². The Morgan fingerprint density at radius 3 is 2.81 bits per heavy atom. The summed E-state index contributed by atoms with van der Waals surface area (Å²) in [6.45, 7) is 5.44. The standard InChI is InChI=1S/C16H22ClN3O/c1-11(2)16-13(10-20(3)19-16)8-18-9-15(21)12-5-4-6-14(17)7-12/h4-7,10-11,15,18,21H,8-9H2,1-3H3/t15-/m1/s1. The summed E-state index contributed by atoms with van der Waals surface area (Å²) < 4.78 is 1.83. The van der Waals surface area contributed by atoms with E-state index in [4.69, 9.17) is 11.6 Å². The van der Waals surface area contributed by atoms with Gasteiger partial charge in [-0.3, -0.25) is 4.68 Å². The third-order valence-electron chi connectivity index (χ3n) is 3.37. The molecule has 0 unspecified atom stereocenters. The van der Waals surface area contributed by atoms with E-state index in [1.165, 1.54) is 5.56 Å². The molecule has 0 amide bonds. The van der Waals surface area contributed by atoms with Gasteiger partial charge in [-0.2, -0.15) is 5.10 Å². The van der Waals surface area contributed by atoms with Gasteiger partial charge in [-0.05, 0) is 23.6 Å². The average molecular weight is 308 g/mol. The van der Waals surface area contributed by atoms with E-state index >= 15 is 0 Å². The molecular weight excluding hydrogens is 286 g/mol. The van der Waals surface area contributed by atoms with Crippen molar-refractivity contribution in [3.8, 4) is 0 Å². The Morgan fingerprint density at radius 2 is 2.14 bits per heavy atom. The Hall–Kier alpha value is -1.36. The number of nitrogens with one attached hydrogen (secondary N) is 1. The molecule has 0 saturated carbocycles. The number of hydrogen-bond acceptors (Lipinski definition) is 3. The molecule has 0 radical (unpaired) electrons. The zero-order valence-electron chi connectivity index (χ0n) is 12.7. The van der Waals surface area contributed by atoms with Gasteiger partial charge in [0, 0.05) is 36.9 Å². The summed E-state index contributed by atoms with van der Waals surface area (Å²) in [4.78, 5) is 0. The van der Waals surface area contributed by atoms with Crippen molar-refractivity contribution in [3.05, 3.63) is 52.3 Å². The molecule has 0 aliphatic carbocycles. The fourth-order valence-electron chi connectivity index (χ4n) is 2.35. The van der Waals surface area contributed by atoms with Crippen LogP contribution in [0.5, 0.6) is 0 Å². The minimum Gasteiger partial charge on any atom is -0.387 e. The molecule has 0 saturated heterocycles. The zero-order chi connectivity index (χ0) is 15.4. The van der Waals surface area contributed by atoms with Crippen molar-refractivity contribution in [2.24, 2.45) is 7.05 Å². The molecule has 2 rings (SSSR count). The summed E-state index contributed by atoms with van der Waals surface area (Å²) in [5.41, 5.74) is 3.10. The van der Waals surface area contributed by atoms with E-state index in [1.54, 1.807) is 12.1 Å². The SMILES string of the molecule is CC(C)c1nn(C)cc1CNC[C@@H](O)c1cccc(Cl)c1. The van der Waals surface area contributed by atoms with Crippen molar-refractivity contribution in [2.45, 2.75) is 32.4 Å². The predicted octanol–water partition coefficient (Wildman–Crippen LogP) is 3.02. The minimum absolute atomic E-state index is 0.390. The first-order valence-electron chi connectivity index (χ1n) is 7.14. The van der Waals surface area contributed by atoms with Crippen molar-refractivity contribution in [3.63, 3.8) is 0 Å². The third kappa shape index (κ3) is 4.30. The largest absolute Gasteiger partial charge is 0.387 e. The van der Waals surface area contributed by atoms with Gasteiger partial charge in [0.2, 0.25) is 0 Å². The second-order valence-electron chi connectivity index (χ2n) is 5.57. The van der Waals surface area contributed by atoms with Crippen molar-refractivity contribution in [2.75, 3.05) is 6.54 Å². The Labute approximate surface area is 130 Å². The van der Waals surface area contributed by atoms with Crippen LogP contribution in [0.1, 0.15) is 42.7 Å². The normalized spacial score (nSPS) is 12.9. The topological polar surface area (TPSA) is 50.1 Å². The van der Waals surface area contributed by atoms with E-state index in [2.05, 4.69) is 24.3 Å². The minimum atomic E-state index is -0.567. The quantitative estimate of drug-likeness (QED) is 0.862. The lowest BCUT2D eigenvalue weighted by molar-refractivity contribution is 0.174. The maximum Gasteiger partial charge on any atom is 0.0915 e. The van der Waals surface area contributed by atoms with Crippen LogP contribution in [0.2, 0.25) is 5.02 Å². The van der Waals surface area contributed by atoms with Crippen molar-refractivity contribution >= 4 is 11.6 Å². The lowest BCUT2D eigenvalue weighted by atomic mass is 10.1. The Kier molecular flexibility index (Phi) is 5.39. The molecule has 1 heterocycles. The van der Waals surface area contributed by atoms with Crippen LogP contribution in [-0.4, -0.2) is 21.4 Å². The first-order valence-corrected chi connectivity index (χ1v) is 7.52. The maximum atomic E-state index is 10.2. The molecule has 4 nitrogen and oxygen atoms in total. The van der Waals surface area contributed by atoms with Crippen molar-refractivity contribution < 1.29 is 5.11 Å². The monoisotopic (exact) mass is 307 g/mol. The summed E-state index contributed by atoms with van der Waals surface area (Å²) in [7, 11) is 1.93. The first-order chi connectivity index (χ1) is 9.97. The van der Waals surface area contributed by atoms with Gasteiger partial charge in [-0.15, -0.1) is 0 Å². The van der Waals surface area contributed by atoms with Crippen molar-refractivity contribution in [1.29, 1.82) is 0 Å². The van der Waals surface area contributed by atoms with Crippen LogP contribution < -0.4 is 5.32 Å². The van der Waals surface area contributed by atoms with Gasteiger partial charge >= 0.3 is 0 Å². The Bertz CT molecular complexity index is 595. The molecular formula is C16H22ClN3O. The molecule has 0 aliphatic rings. The highest BCUT2D eigenvalue weighted by Crippen LogP contribution is 2.19. The van der Waals surface area contributed by atoms with Gasteiger partial charge < -0.3 is 10.4 Å². The zero-order valence-corrected chi connectivity index (χ0v) is 13.4. The number of aryl methyl sites for hydroxylation is 1. The van der Waals surface area contributed by atoms with Crippen molar-refractivity contribution in [1.82, 2.24) is 15.1 Å². The van der Waals surface area contributed by atoms with E-state index in [1.807, 2.05) is 30.1 Å². The van der Waals surface area contributed by atoms with E-state index in [0.29, 0.717) is 24.0 Å². The fraction of sp³-hybridized carbons (Fsp3) is 0.438. The van der Waals surface area contributed by atoms with Gasteiger partial charge in [-0.1, -0.05) is 37.6 Å². The molecule has 5 heteroatoms. The molecule has 2 N–H and O–H groups in total. The fourth-order valence-corrected chi connectivity index (χ4v) is 2.55. The van der Waals surface area contributed by atoms with Crippen LogP contribution in [0.3, 0.4) is 0 Å². The number of benzene rings is 1. The molecule has 1 atom stereocenters. The number of aliphatic hydroxyl groups is 1. The molecule has 0 bridgehead atoms. The van der Waals surface area contributed by atoms with Gasteiger partial charge in [0.15, 0.2) is 0 Å². The van der Waals surface area contributed by atoms with E-state index in [-0.39, 0.29) is 0 Å². The molecule has 2 aromatic rings. The Morgan fingerprint density at radius 1 is 1.38 bits per heavy atom. The molecule has 0 fully saturated rings. The van der Waals surface area contributed by atoms with Gasteiger partial charge in [-0.25, -0.2) is 0 Å². The van der Waals surface area contributed by atoms with Crippen LogP contribution in [0.4, 0.5) is 0 Å². The summed E-state index contributed by atoms with van der Waals surface area (Å²) in [5, 5.41) is 18.6. The van der Waals surface area contributed by atoms with Gasteiger partial charge in [0.05, 0.1) is 11.8 Å². The van der Waals surface area contributed by atoms with Gasteiger partial charge in [0.25, 0.3) is 0 Å².